The second-order valence-corrected chi connectivity index (χ2v) is 3.95. The van der Waals surface area contributed by atoms with Gasteiger partial charge in [0.2, 0.25) is 5.91 Å². The first-order valence-corrected chi connectivity index (χ1v) is 4.97. The maximum atomic E-state index is 11.7. The first-order chi connectivity index (χ1) is 6.02. The molecule has 0 saturated heterocycles. The molecule has 0 aliphatic heterocycles. The van der Waals surface area contributed by atoms with Crippen molar-refractivity contribution in [1.82, 2.24) is 4.90 Å². The van der Waals surface area contributed by atoms with E-state index in [2.05, 4.69) is 13.8 Å². The second kappa shape index (κ2) is 5.97. The highest BCUT2D eigenvalue weighted by Crippen LogP contribution is 2.06. The summed E-state index contributed by atoms with van der Waals surface area (Å²) < 4.78 is 0. The van der Waals surface area contributed by atoms with E-state index in [-0.39, 0.29) is 11.8 Å². The summed E-state index contributed by atoms with van der Waals surface area (Å²) in [7, 11) is 1.85. The fraction of sp³-hybridized carbons (Fsp3) is 0.900. The van der Waals surface area contributed by atoms with Crippen molar-refractivity contribution in [3.63, 3.8) is 0 Å². The number of carbonyl (C=O) groups is 1. The van der Waals surface area contributed by atoms with Crippen molar-refractivity contribution in [3.8, 4) is 0 Å². The van der Waals surface area contributed by atoms with Crippen LogP contribution in [0, 0.1) is 11.8 Å². The van der Waals surface area contributed by atoms with Gasteiger partial charge in [-0.05, 0) is 12.3 Å². The van der Waals surface area contributed by atoms with Crippen LogP contribution in [-0.2, 0) is 4.79 Å². The summed E-state index contributed by atoms with van der Waals surface area (Å²) in [5.74, 6) is 0.701. The van der Waals surface area contributed by atoms with Crippen LogP contribution in [0.1, 0.15) is 27.2 Å². The Balaban J connectivity index is 4.07. The number of carbonyl (C=O) groups excluding carboxylic acids is 1. The zero-order valence-electron chi connectivity index (χ0n) is 9.21. The Morgan fingerprint density at radius 3 is 2.31 bits per heavy atom. The van der Waals surface area contributed by atoms with Gasteiger partial charge < -0.3 is 10.6 Å². The summed E-state index contributed by atoms with van der Waals surface area (Å²) in [5.41, 5.74) is 5.51. The summed E-state index contributed by atoms with van der Waals surface area (Å²) in [4.78, 5) is 13.5. The predicted molar refractivity (Wildman–Crippen MR) is 55.3 cm³/mol. The lowest BCUT2D eigenvalue weighted by Crippen LogP contribution is -2.38. The van der Waals surface area contributed by atoms with Crippen LogP contribution >= 0.6 is 0 Å². The number of nitrogens with zero attached hydrogens (tertiary/aromatic N) is 1. The molecule has 3 nitrogen and oxygen atoms in total. The van der Waals surface area contributed by atoms with Crippen LogP contribution in [0.25, 0.3) is 0 Å². The lowest BCUT2D eigenvalue weighted by atomic mass is 10.0. The first kappa shape index (κ1) is 12.4. The summed E-state index contributed by atoms with van der Waals surface area (Å²) in [5, 5.41) is 0. The van der Waals surface area contributed by atoms with Crippen LogP contribution in [0.5, 0.6) is 0 Å². The number of nitrogens with two attached hydrogens (primary N) is 1. The lowest BCUT2D eigenvalue weighted by molar-refractivity contribution is -0.134. The van der Waals surface area contributed by atoms with Gasteiger partial charge >= 0.3 is 0 Å². The predicted octanol–water partition coefficient (Wildman–Crippen LogP) is 1.09. The van der Waals surface area contributed by atoms with E-state index >= 15 is 0 Å². The molecular formula is C10H22N2O. The van der Waals surface area contributed by atoms with Gasteiger partial charge in [0.1, 0.15) is 0 Å². The van der Waals surface area contributed by atoms with E-state index in [4.69, 9.17) is 5.73 Å². The number of hydrogen-bond acceptors (Lipinski definition) is 2. The zero-order chi connectivity index (χ0) is 10.4. The summed E-state index contributed by atoms with van der Waals surface area (Å²) >= 11 is 0. The summed E-state index contributed by atoms with van der Waals surface area (Å²) in [6.07, 6.45) is 0.831. The normalized spacial score (nSPS) is 13.1. The fourth-order valence-corrected chi connectivity index (χ4v) is 1.39. The van der Waals surface area contributed by atoms with Crippen molar-refractivity contribution in [2.45, 2.75) is 27.2 Å². The highest BCUT2D eigenvalue weighted by atomic mass is 16.2. The first-order valence-electron chi connectivity index (χ1n) is 4.97. The third kappa shape index (κ3) is 4.27. The molecule has 0 fully saturated rings. The average molecular weight is 186 g/mol. The maximum Gasteiger partial charge on any atom is 0.226 e. The lowest BCUT2D eigenvalue weighted by Gasteiger charge is -2.23. The molecule has 0 heterocycles. The minimum Gasteiger partial charge on any atom is -0.345 e. The van der Waals surface area contributed by atoms with E-state index in [0.29, 0.717) is 12.5 Å². The Labute approximate surface area is 81.3 Å². The molecule has 78 valence electrons. The van der Waals surface area contributed by atoms with Crippen molar-refractivity contribution in [2.24, 2.45) is 17.6 Å². The second-order valence-electron chi connectivity index (χ2n) is 3.95. The molecule has 0 radical (unpaired) electrons. The monoisotopic (exact) mass is 186 g/mol. The van der Waals surface area contributed by atoms with Gasteiger partial charge in [-0.15, -0.1) is 0 Å². The van der Waals surface area contributed by atoms with Gasteiger partial charge in [0.25, 0.3) is 0 Å². The van der Waals surface area contributed by atoms with Crippen LogP contribution < -0.4 is 5.73 Å². The standard InChI is InChI=1S/C10H22N2O/c1-5-9(6-11)10(13)12(4)7-8(2)3/h8-9H,5-7,11H2,1-4H3. The van der Waals surface area contributed by atoms with E-state index in [9.17, 15) is 4.79 Å². The molecule has 0 aromatic rings. The van der Waals surface area contributed by atoms with Crippen molar-refractivity contribution in [3.05, 3.63) is 0 Å². The molecule has 0 saturated carbocycles. The number of hydrogen-bond donors (Lipinski definition) is 1. The maximum absolute atomic E-state index is 11.7. The van der Waals surface area contributed by atoms with Gasteiger partial charge in [0.15, 0.2) is 0 Å². The molecule has 0 bridgehead atoms. The van der Waals surface area contributed by atoms with Gasteiger partial charge in [0.05, 0.1) is 5.92 Å². The van der Waals surface area contributed by atoms with Crippen LogP contribution in [-0.4, -0.2) is 30.9 Å². The Bertz CT molecular complexity index is 153. The zero-order valence-corrected chi connectivity index (χ0v) is 9.21. The summed E-state index contributed by atoms with van der Waals surface area (Å²) in [6, 6.07) is 0. The SMILES string of the molecule is CCC(CN)C(=O)N(C)CC(C)C. The van der Waals surface area contributed by atoms with Gasteiger partial charge in [0, 0.05) is 20.1 Å². The molecule has 0 aromatic heterocycles. The molecule has 2 N–H and O–H groups in total. The van der Waals surface area contributed by atoms with Crippen molar-refractivity contribution < 1.29 is 4.79 Å². The van der Waals surface area contributed by atoms with E-state index in [0.717, 1.165) is 13.0 Å². The van der Waals surface area contributed by atoms with Gasteiger partial charge in [-0.1, -0.05) is 20.8 Å². The topological polar surface area (TPSA) is 46.3 Å². The third-order valence-corrected chi connectivity index (χ3v) is 2.14. The van der Waals surface area contributed by atoms with Gasteiger partial charge in [-0.3, -0.25) is 4.79 Å². The van der Waals surface area contributed by atoms with E-state index in [1.165, 1.54) is 0 Å². The Morgan fingerprint density at radius 1 is 1.46 bits per heavy atom. The van der Waals surface area contributed by atoms with Crippen LogP contribution in [0.4, 0.5) is 0 Å². The Morgan fingerprint density at radius 2 is 2.00 bits per heavy atom. The van der Waals surface area contributed by atoms with Crippen LogP contribution in [0.2, 0.25) is 0 Å². The number of rotatable bonds is 5. The van der Waals surface area contributed by atoms with Gasteiger partial charge in [-0.25, -0.2) is 0 Å². The Hall–Kier alpha value is -0.570. The van der Waals surface area contributed by atoms with Crippen LogP contribution in [0.15, 0.2) is 0 Å². The third-order valence-electron chi connectivity index (χ3n) is 2.14. The van der Waals surface area contributed by atoms with Crippen molar-refractivity contribution in [2.75, 3.05) is 20.1 Å². The molecule has 1 unspecified atom stereocenters. The molecule has 1 amide bonds. The quantitative estimate of drug-likeness (QED) is 0.698. The smallest absolute Gasteiger partial charge is 0.226 e. The van der Waals surface area contributed by atoms with E-state index in [1.807, 2.05) is 14.0 Å². The van der Waals surface area contributed by atoms with Crippen LogP contribution in [0.3, 0.4) is 0 Å². The molecular weight excluding hydrogens is 164 g/mol. The summed E-state index contributed by atoms with van der Waals surface area (Å²) in [6.45, 7) is 7.48. The van der Waals surface area contributed by atoms with Crippen molar-refractivity contribution in [1.29, 1.82) is 0 Å². The highest BCUT2D eigenvalue weighted by molar-refractivity contribution is 5.78. The average Bonchev–Trinajstić information content (AvgIpc) is 2.05. The Kier molecular flexibility index (Phi) is 5.71. The van der Waals surface area contributed by atoms with Gasteiger partial charge in [-0.2, -0.15) is 0 Å². The van der Waals surface area contributed by atoms with E-state index < -0.39 is 0 Å². The highest BCUT2D eigenvalue weighted by Gasteiger charge is 2.18. The molecule has 1 atom stereocenters. The van der Waals surface area contributed by atoms with Crippen molar-refractivity contribution >= 4 is 5.91 Å². The molecule has 0 aliphatic carbocycles. The minimum atomic E-state index is 0.00347. The van der Waals surface area contributed by atoms with E-state index in [1.54, 1.807) is 4.90 Å². The molecule has 0 spiro atoms. The molecule has 13 heavy (non-hydrogen) atoms. The largest absolute Gasteiger partial charge is 0.345 e. The molecule has 0 rings (SSSR count). The molecule has 0 aromatic carbocycles. The number of amides is 1. The fourth-order valence-electron chi connectivity index (χ4n) is 1.39. The molecule has 0 aliphatic rings. The molecule has 3 heteroatoms. The minimum absolute atomic E-state index is 0.00347.